The topological polar surface area (TPSA) is 85.9 Å². The van der Waals surface area contributed by atoms with Crippen LogP contribution in [0, 0.1) is 0 Å². The molecule has 0 unspecified atom stereocenters. The minimum absolute atomic E-state index is 0.263. The van der Waals surface area contributed by atoms with E-state index in [0.29, 0.717) is 22.7 Å². The Morgan fingerprint density at radius 3 is 2.42 bits per heavy atom. The highest BCUT2D eigenvalue weighted by molar-refractivity contribution is 6.00. The number of benzene rings is 2. The fourth-order valence-corrected chi connectivity index (χ4v) is 2.32. The fourth-order valence-electron chi connectivity index (χ4n) is 2.32. The van der Waals surface area contributed by atoms with Crippen molar-refractivity contribution in [2.45, 2.75) is 13.5 Å². The number of nitrogens with one attached hydrogen (secondary N) is 2. The Morgan fingerprint density at radius 1 is 1.00 bits per heavy atom. The normalized spacial score (nSPS) is 9.96. The third-order valence-corrected chi connectivity index (χ3v) is 3.57. The summed E-state index contributed by atoms with van der Waals surface area (Å²) in [6, 6.07) is 11.6. The summed E-state index contributed by atoms with van der Waals surface area (Å²) >= 11 is 0. The van der Waals surface area contributed by atoms with Gasteiger partial charge in [0.1, 0.15) is 0 Å². The second-order valence-electron chi connectivity index (χ2n) is 5.26. The molecule has 0 bridgehead atoms. The molecule has 0 aliphatic carbocycles. The maximum atomic E-state index is 12.2. The van der Waals surface area contributed by atoms with Crippen molar-refractivity contribution in [1.82, 2.24) is 5.32 Å². The number of ether oxygens (including phenoxy) is 3. The first-order valence-electron chi connectivity index (χ1n) is 8.11. The lowest BCUT2D eigenvalue weighted by Crippen LogP contribution is -2.29. The largest absolute Gasteiger partial charge is 0.493 e. The Bertz CT molecular complexity index is 776. The first-order valence-corrected chi connectivity index (χ1v) is 8.11. The van der Waals surface area contributed by atoms with E-state index in [9.17, 15) is 9.59 Å². The molecule has 0 saturated carbocycles. The monoisotopic (exact) mass is 358 g/mol. The Hall–Kier alpha value is -3.22. The molecule has 2 aromatic carbocycles. The quantitative estimate of drug-likeness (QED) is 0.743. The number of rotatable bonds is 7. The molecule has 26 heavy (non-hydrogen) atoms. The number of carbonyl (C=O) groups is 2. The van der Waals surface area contributed by atoms with Gasteiger partial charge in [-0.15, -0.1) is 0 Å². The van der Waals surface area contributed by atoms with Gasteiger partial charge in [0.2, 0.25) is 0 Å². The summed E-state index contributed by atoms with van der Waals surface area (Å²) in [7, 11) is 3.11. The average Bonchev–Trinajstić information content (AvgIpc) is 2.66. The van der Waals surface area contributed by atoms with Crippen LogP contribution in [0.2, 0.25) is 0 Å². The third-order valence-electron chi connectivity index (χ3n) is 3.57. The highest BCUT2D eigenvalue weighted by Gasteiger charge is 2.14. The van der Waals surface area contributed by atoms with Gasteiger partial charge in [0.15, 0.2) is 11.5 Å². The highest BCUT2D eigenvalue weighted by Crippen LogP contribution is 2.27. The van der Waals surface area contributed by atoms with Gasteiger partial charge in [-0.2, -0.15) is 0 Å². The zero-order valence-corrected chi connectivity index (χ0v) is 15.0. The van der Waals surface area contributed by atoms with Crippen molar-refractivity contribution in [1.29, 1.82) is 0 Å². The van der Waals surface area contributed by atoms with Gasteiger partial charge in [-0.3, -0.25) is 0 Å². The van der Waals surface area contributed by atoms with Gasteiger partial charge in [0.25, 0.3) is 0 Å². The average molecular weight is 358 g/mol. The van der Waals surface area contributed by atoms with Crippen LogP contribution in [-0.4, -0.2) is 32.8 Å². The summed E-state index contributed by atoms with van der Waals surface area (Å²) in [4.78, 5) is 24.1. The van der Waals surface area contributed by atoms with Crippen LogP contribution in [0.25, 0.3) is 0 Å². The SMILES string of the molecule is CCOC(=O)c1ccccc1NC(=O)NCc1ccc(OC)c(OC)c1. The van der Waals surface area contributed by atoms with Crippen molar-refractivity contribution in [2.24, 2.45) is 0 Å². The summed E-state index contributed by atoms with van der Waals surface area (Å²) in [5, 5.41) is 5.40. The molecule has 0 heterocycles. The molecular weight excluding hydrogens is 336 g/mol. The van der Waals surface area contributed by atoms with E-state index in [1.807, 2.05) is 6.07 Å². The van der Waals surface area contributed by atoms with Gasteiger partial charge in [-0.05, 0) is 36.8 Å². The van der Waals surface area contributed by atoms with Gasteiger partial charge < -0.3 is 24.8 Å². The van der Waals surface area contributed by atoms with E-state index >= 15 is 0 Å². The fraction of sp³-hybridized carbons (Fsp3) is 0.263. The van der Waals surface area contributed by atoms with E-state index in [4.69, 9.17) is 14.2 Å². The molecule has 0 aliphatic heterocycles. The van der Waals surface area contributed by atoms with Crippen molar-refractivity contribution >= 4 is 17.7 Å². The van der Waals surface area contributed by atoms with Crippen LogP contribution in [0.1, 0.15) is 22.8 Å². The molecule has 2 aromatic rings. The van der Waals surface area contributed by atoms with Gasteiger partial charge in [0, 0.05) is 6.54 Å². The number of hydrogen-bond acceptors (Lipinski definition) is 5. The molecule has 138 valence electrons. The number of urea groups is 1. The molecule has 2 rings (SSSR count). The predicted molar refractivity (Wildman–Crippen MR) is 97.8 cm³/mol. The number of hydrogen-bond donors (Lipinski definition) is 2. The van der Waals surface area contributed by atoms with E-state index in [1.54, 1.807) is 57.5 Å². The van der Waals surface area contributed by atoms with E-state index in [1.165, 1.54) is 0 Å². The Balaban J connectivity index is 2.01. The lowest BCUT2D eigenvalue weighted by Gasteiger charge is -2.12. The molecule has 7 nitrogen and oxygen atoms in total. The number of carbonyl (C=O) groups excluding carboxylic acids is 2. The summed E-state index contributed by atoms with van der Waals surface area (Å²) in [6.45, 7) is 2.27. The van der Waals surface area contributed by atoms with Crippen LogP contribution >= 0.6 is 0 Å². The van der Waals surface area contributed by atoms with Crippen LogP contribution in [0.5, 0.6) is 11.5 Å². The van der Waals surface area contributed by atoms with Crippen molar-refractivity contribution < 1.29 is 23.8 Å². The van der Waals surface area contributed by atoms with Crippen molar-refractivity contribution in [3.8, 4) is 11.5 Å². The molecule has 0 spiro atoms. The zero-order valence-electron chi connectivity index (χ0n) is 15.0. The summed E-state index contributed by atoms with van der Waals surface area (Å²) in [6.07, 6.45) is 0. The third kappa shape index (κ3) is 4.89. The van der Waals surface area contributed by atoms with Crippen LogP contribution in [0.15, 0.2) is 42.5 Å². The molecular formula is C19H22N2O5. The number of methoxy groups -OCH3 is 2. The van der Waals surface area contributed by atoms with Crippen LogP contribution < -0.4 is 20.1 Å². The second kappa shape index (κ2) is 9.31. The Kier molecular flexibility index (Phi) is 6.84. The molecule has 0 aromatic heterocycles. The minimum atomic E-state index is -0.483. The maximum absolute atomic E-state index is 12.2. The molecule has 0 atom stereocenters. The Labute approximate surface area is 152 Å². The number of anilines is 1. The Morgan fingerprint density at radius 2 is 1.73 bits per heavy atom. The first-order chi connectivity index (χ1) is 12.6. The van der Waals surface area contributed by atoms with Crippen molar-refractivity contribution in [3.63, 3.8) is 0 Å². The summed E-state index contributed by atoms with van der Waals surface area (Å²) < 4.78 is 15.4. The maximum Gasteiger partial charge on any atom is 0.340 e. The number of esters is 1. The second-order valence-corrected chi connectivity index (χ2v) is 5.26. The van der Waals surface area contributed by atoms with Gasteiger partial charge >= 0.3 is 12.0 Å². The standard InChI is InChI=1S/C19H22N2O5/c1-4-26-18(22)14-7-5-6-8-15(14)21-19(23)20-12-13-9-10-16(24-2)17(11-13)25-3/h5-11H,4,12H2,1-3H3,(H2,20,21,23). The molecule has 2 N–H and O–H groups in total. The van der Waals surface area contributed by atoms with Gasteiger partial charge in [-0.1, -0.05) is 18.2 Å². The summed E-state index contributed by atoms with van der Waals surface area (Å²) in [5.74, 6) is 0.715. The predicted octanol–water partition coefficient (Wildman–Crippen LogP) is 3.20. The van der Waals surface area contributed by atoms with Crippen molar-refractivity contribution in [2.75, 3.05) is 26.1 Å². The highest BCUT2D eigenvalue weighted by atomic mass is 16.5. The minimum Gasteiger partial charge on any atom is -0.493 e. The number of para-hydroxylation sites is 1. The molecule has 0 aliphatic rings. The van der Waals surface area contributed by atoms with Crippen LogP contribution in [0.3, 0.4) is 0 Å². The summed E-state index contributed by atoms with van der Waals surface area (Å²) in [5.41, 5.74) is 1.53. The first kappa shape index (κ1) is 19.1. The molecule has 2 amide bonds. The smallest absolute Gasteiger partial charge is 0.340 e. The number of amides is 2. The molecule has 0 fully saturated rings. The van der Waals surface area contributed by atoms with Crippen LogP contribution in [0.4, 0.5) is 10.5 Å². The van der Waals surface area contributed by atoms with E-state index in [0.717, 1.165) is 5.56 Å². The van der Waals surface area contributed by atoms with E-state index < -0.39 is 12.0 Å². The van der Waals surface area contributed by atoms with E-state index in [-0.39, 0.29) is 13.2 Å². The molecule has 0 saturated heterocycles. The van der Waals surface area contributed by atoms with Crippen LogP contribution in [-0.2, 0) is 11.3 Å². The van der Waals surface area contributed by atoms with E-state index in [2.05, 4.69) is 10.6 Å². The molecule has 7 heteroatoms. The zero-order chi connectivity index (χ0) is 18.9. The lowest BCUT2D eigenvalue weighted by molar-refractivity contribution is 0.0527. The molecule has 0 radical (unpaired) electrons. The van der Waals surface area contributed by atoms with Crippen molar-refractivity contribution in [3.05, 3.63) is 53.6 Å². The lowest BCUT2D eigenvalue weighted by atomic mass is 10.2. The van der Waals surface area contributed by atoms with Gasteiger partial charge in [0.05, 0.1) is 32.1 Å². The van der Waals surface area contributed by atoms with Gasteiger partial charge in [-0.25, -0.2) is 9.59 Å².